The first-order valence-corrected chi connectivity index (χ1v) is 3.53. The van der Waals surface area contributed by atoms with Crippen LogP contribution in [0, 0.1) is 12.3 Å². The maximum Gasteiger partial charge on any atom is 0.221 e. The summed E-state index contributed by atoms with van der Waals surface area (Å²) in [5.41, 5.74) is 5.36. The number of nitrogen functional groups attached to an aromatic ring is 1. The number of aromatic nitrogens is 2. The first-order chi connectivity index (χ1) is 5.72. The lowest BCUT2D eigenvalue weighted by Crippen LogP contribution is -2.13. The van der Waals surface area contributed by atoms with E-state index in [0.29, 0.717) is 5.82 Å². The number of hydrogen-bond acceptors (Lipinski definition) is 4. The van der Waals surface area contributed by atoms with Crippen molar-refractivity contribution in [3.63, 3.8) is 0 Å². The molecule has 1 aromatic rings. The van der Waals surface area contributed by atoms with Crippen molar-refractivity contribution in [2.75, 3.05) is 11.1 Å². The van der Waals surface area contributed by atoms with Gasteiger partial charge in [0.1, 0.15) is 5.82 Å². The van der Waals surface area contributed by atoms with E-state index in [1.54, 1.807) is 12.3 Å². The van der Waals surface area contributed by atoms with Gasteiger partial charge in [-0.05, 0) is 13.0 Å². The van der Waals surface area contributed by atoms with E-state index in [0.717, 1.165) is 0 Å². The van der Waals surface area contributed by atoms with E-state index >= 15 is 0 Å². The highest BCUT2D eigenvalue weighted by molar-refractivity contribution is 5.39. The molecule has 1 unspecified atom stereocenters. The van der Waals surface area contributed by atoms with Crippen molar-refractivity contribution in [1.82, 2.24) is 9.97 Å². The summed E-state index contributed by atoms with van der Waals surface area (Å²) < 4.78 is 0. The summed E-state index contributed by atoms with van der Waals surface area (Å²) in [7, 11) is 0. The van der Waals surface area contributed by atoms with Crippen LogP contribution in [0.2, 0.25) is 0 Å². The monoisotopic (exact) mass is 162 g/mol. The van der Waals surface area contributed by atoms with Gasteiger partial charge in [0.15, 0.2) is 0 Å². The molecule has 0 saturated carbocycles. The number of terminal acetylenes is 1. The zero-order chi connectivity index (χ0) is 8.97. The third kappa shape index (κ3) is 2.13. The second-order valence-corrected chi connectivity index (χ2v) is 2.33. The third-order valence-corrected chi connectivity index (χ3v) is 1.29. The van der Waals surface area contributed by atoms with Crippen molar-refractivity contribution in [2.24, 2.45) is 0 Å². The van der Waals surface area contributed by atoms with Crippen molar-refractivity contribution in [1.29, 1.82) is 0 Å². The van der Waals surface area contributed by atoms with E-state index in [9.17, 15) is 0 Å². The molecule has 4 heteroatoms. The Kier molecular flexibility index (Phi) is 2.49. The highest BCUT2D eigenvalue weighted by Crippen LogP contribution is 2.03. The molecule has 0 aliphatic carbocycles. The molecule has 0 bridgehead atoms. The fourth-order valence-electron chi connectivity index (χ4n) is 0.718. The second-order valence-electron chi connectivity index (χ2n) is 2.33. The summed E-state index contributed by atoms with van der Waals surface area (Å²) in [6, 6.07) is 1.66. The fraction of sp³-hybridized carbons (Fsp3) is 0.250. The van der Waals surface area contributed by atoms with E-state index < -0.39 is 0 Å². The van der Waals surface area contributed by atoms with Gasteiger partial charge in [-0.3, -0.25) is 0 Å². The number of hydrogen-bond donors (Lipinski definition) is 2. The lowest BCUT2D eigenvalue weighted by molar-refractivity contribution is 1.01. The van der Waals surface area contributed by atoms with Crippen LogP contribution in [0.15, 0.2) is 12.3 Å². The normalized spacial score (nSPS) is 11.7. The molecular weight excluding hydrogens is 152 g/mol. The molecule has 1 heterocycles. The van der Waals surface area contributed by atoms with Gasteiger partial charge >= 0.3 is 0 Å². The summed E-state index contributed by atoms with van der Waals surface area (Å²) in [5.74, 6) is 3.41. The van der Waals surface area contributed by atoms with Crippen LogP contribution in [0.4, 0.5) is 11.8 Å². The Hall–Kier alpha value is -1.76. The van der Waals surface area contributed by atoms with Crippen LogP contribution in [0.5, 0.6) is 0 Å². The minimum absolute atomic E-state index is 0.0562. The molecule has 0 aliphatic heterocycles. The van der Waals surface area contributed by atoms with Gasteiger partial charge in [0.2, 0.25) is 5.95 Å². The Morgan fingerprint density at radius 2 is 2.50 bits per heavy atom. The summed E-state index contributed by atoms with van der Waals surface area (Å²) in [6.45, 7) is 1.86. The molecule has 0 radical (unpaired) electrons. The van der Waals surface area contributed by atoms with E-state index in [2.05, 4.69) is 21.2 Å². The highest BCUT2D eigenvalue weighted by Gasteiger charge is 1.98. The fourth-order valence-corrected chi connectivity index (χ4v) is 0.718. The van der Waals surface area contributed by atoms with Crippen LogP contribution < -0.4 is 11.1 Å². The van der Waals surface area contributed by atoms with Gasteiger partial charge in [0.05, 0.1) is 6.04 Å². The Labute approximate surface area is 71.2 Å². The van der Waals surface area contributed by atoms with Gasteiger partial charge in [0, 0.05) is 6.20 Å². The lowest BCUT2D eigenvalue weighted by atomic mass is 10.3. The van der Waals surface area contributed by atoms with E-state index in [4.69, 9.17) is 12.2 Å². The Bertz CT molecular complexity index is 302. The molecule has 0 amide bonds. The van der Waals surface area contributed by atoms with Gasteiger partial charge < -0.3 is 11.1 Å². The lowest BCUT2D eigenvalue weighted by Gasteiger charge is -2.07. The van der Waals surface area contributed by atoms with Crippen LogP contribution >= 0.6 is 0 Å². The maximum atomic E-state index is 5.36. The summed E-state index contributed by atoms with van der Waals surface area (Å²) in [4.78, 5) is 7.67. The maximum absolute atomic E-state index is 5.36. The molecule has 0 aliphatic rings. The zero-order valence-corrected chi connectivity index (χ0v) is 6.78. The molecule has 0 spiro atoms. The molecule has 0 fully saturated rings. The molecule has 3 N–H and O–H groups in total. The molecule has 0 aromatic carbocycles. The molecule has 1 aromatic heterocycles. The molecule has 1 atom stereocenters. The van der Waals surface area contributed by atoms with Crippen LogP contribution in [-0.4, -0.2) is 16.0 Å². The molecule has 0 saturated heterocycles. The number of nitrogens with two attached hydrogens (primary N) is 1. The predicted octanol–water partition coefficient (Wildman–Crippen LogP) is 0.492. The molecule has 4 nitrogen and oxygen atoms in total. The van der Waals surface area contributed by atoms with Gasteiger partial charge in [-0.1, -0.05) is 5.92 Å². The standard InChI is InChI=1S/C8H10N4/c1-3-6(2)11-7-4-5-10-8(9)12-7/h1,4-6H,2H3,(H3,9,10,11,12). The second kappa shape index (κ2) is 3.58. The zero-order valence-electron chi connectivity index (χ0n) is 6.78. The molecule has 12 heavy (non-hydrogen) atoms. The van der Waals surface area contributed by atoms with Crippen LogP contribution in [0.3, 0.4) is 0 Å². The topological polar surface area (TPSA) is 63.8 Å². The Morgan fingerprint density at radius 3 is 3.08 bits per heavy atom. The van der Waals surface area contributed by atoms with Gasteiger partial charge in [-0.2, -0.15) is 4.98 Å². The number of rotatable bonds is 2. The van der Waals surface area contributed by atoms with Gasteiger partial charge in [-0.25, -0.2) is 4.98 Å². The van der Waals surface area contributed by atoms with E-state index in [1.807, 2.05) is 6.92 Å². The largest absolute Gasteiger partial charge is 0.368 e. The highest BCUT2D eigenvalue weighted by atomic mass is 15.1. The van der Waals surface area contributed by atoms with Crippen molar-refractivity contribution in [3.05, 3.63) is 12.3 Å². The summed E-state index contributed by atoms with van der Waals surface area (Å²) in [6.07, 6.45) is 6.75. The number of anilines is 2. The van der Waals surface area contributed by atoms with Gasteiger partial charge in [0.25, 0.3) is 0 Å². The number of nitrogens with zero attached hydrogens (tertiary/aromatic N) is 2. The van der Waals surface area contributed by atoms with Crippen LogP contribution in [0.1, 0.15) is 6.92 Å². The smallest absolute Gasteiger partial charge is 0.221 e. The molecular formula is C8H10N4. The van der Waals surface area contributed by atoms with E-state index in [-0.39, 0.29) is 12.0 Å². The average molecular weight is 162 g/mol. The average Bonchev–Trinajstić information content (AvgIpc) is 2.04. The quantitative estimate of drug-likeness (QED) is 0.621. The summed E-state index contributed by atoms with van der Waals surface area (Å²) >= 11 is 0. The van der Waals surface area contributed by atoms with Crippen molar-refractivity contribution in [2.45, 2.75) is 13.0 Å². The first kappa shape index (κ1) is 8.34. The molecule has 62 valence electrons. The summed E-state index contributed by atoms with van der Waals surface area (Å²) in [5, 5.41) is 2.97. The SMILES string of the molecule is C#CC(C)Nc1ccnc(N)n1. The number of nitrogens with one attached hydrogen (secondary N) is 1. The van der Waals surface area contributed by atoms with Crippen LogP contribution in [0.25, 0.3) is 0 Å². The third-order valence-electron chi connectivity index (χ3n) is 1.29. The van der Waals surface area contributed by atoms with Crippen LogP contribution in [-0.2, 0) is 0 Å². The van der Waals surface area contributed by atoms with Crippen molar-refractivity contribution < 1.29 is 0 Å². The van der Waals surface area contributed by atoms with E-state index in [1.165, 1.54) is 0 Å². The predicted molar refractivity (Wildman–Crippen MR) is 48.4 cm³/mol. The Morgan fingerprint density at radius 1 is 1.75 bits per heavy atom. The Balaban J connectivity index is 2.71. The van der Waals surface area contributed by atoms with Crippen molar-refractivity contribution >= 4 is 11.8 Å². The molecule has 1 rings (SSSR count). The minimum Gasteiger partial charge on any atom is -0.368 e. The van der Waals surface area contributed by atoms with Crippen molar-refractivity contribution in [3.8, 4) is 12.3 Å². The minimum atomic E-state index is -0.0562. The van der Waals surface area contributed by atoms with Gasteiger partial charge in [-0.15, -0.1) is 6.42 Å². The first-order valence-electron chi connectivity index (χ1n) is 3.53.